The third-order valence-corrected chi connectivity index (χ3v) is 8.85. The lowest BCUT2D eigenvalue weighted by atomic mass is 9.92. The zero-order valence-corrected chi connectivity index (χ0v) is 19.9. The first-order valence-corrected chi connectivity index (χ1v) is 12.8. The molecule has 2 aliphatic rings. The molecular formula is C24H25F2N3O2S2. The first kappa shape index (κ1) is 22.3. The second-order valence-electron chi connectivity index (χ2n) is 8.69. The van der Waals surface area contributed by atoms with Crippen LogP contribution < -0.4 is 10.6 Å². The zero-order chi connectivity index (χ0) is 23.2. The molecule has 5 rings (SSSR count). The number of urea groups is 1. The molecule has 3 aromatic rings. The van der Waals surface area contributed by atoms with Gasteiger partial charge in [-0.15, -0.1) is 22.7 Å². The number of alkyl halides is 2. The third kappa shape index (κ3) is 4.36. The van der Waals surface area contributed by atoms with E-state index >= 15 is 0 Å². The number of halogens is 2. The van der Waals surface area contributed by atoms with Crippen LogP contribution in [0.4, 0.5) is 18.6 Å². The summed E-state index contributed by atoms with van der Waals surface area (Å²) < 4.78 is 29.8. The highest BCUT2D eigenvalue weighted by molar-refractivity contribution is 7.17. The van der Waals surface area contributed by atoms with Crippen LogP contribution in [0.2, 0.25) is 0 Å². The number of rotatable bonds is 5. The van der Waals surface area contributed by atoms with Crippen molar-refractivity contribution in [3.63, 3.8) is 0 Å². The van der Waals surface area contributed by atoms with Crippen molar-refractivity contribution >= 4 is 39.5 Å². The van der Waals surface area contributed by atoms with Crippen molar-refractivity contribution in [2.24, 2.45) is 0 Å². The Morgan fingerprint density at radius 1 is 1.06 bits per heavy atom. The number of carbonyl (C=O) groups is 2. The highest BCUT2D eigenvalue weighted by Crippen LogP contribution is 2.43. The van der Waals surface area contributed by atoms with Crippen molar-refractivity contribution in [2.45, 2.75) is 64.3 Å². The van der Waals surface area contributed by atoms with Gasteiger partial charge in [0, 0.05) is 47.1 Å². The van der Waals surface area contributed by atoms with E-state index in [4.69, 9.17) is 0 Å². The monoisotopic (exact) mass is 489 g/mol. The SMILES string of the molecule is CC(=O)c1c(NC(=O)NCc2c(-n3cccc3)sc3c2CCCC3)sc2c1CCC(F)(F)C2. The van der Waals surface area contributed by atoms with Crippen LogP contribution in [0.15, 0.2) is 24.5 Å². The third-order valence-electron chi connectivity index (χ3n) is 6.35. The number of nitrogens with zero attached hydrogens (tertiary/aromatic N) is 1. The van der Waals surface area contributed by atoms with Crippen LogP contribution >= 0.6 is 22.7 Å². The molecule has 0 atom stereocenters. The van der Waals surface area contributed by atoms with Crippen molar-refractivity contribution in [2.75, 3.05) is 5.32 Å². The fourth-order valence-electron chi connectivity index (χ4n) is 4.80. The average Bonchev–Trinajstić information content (AvgIpc) is 3.48. The molecule has 0 saturated carbocycles. The first-order chi connectivity index (χ1) is 15.8. The highest BCUT2D eigenvalue weighted by Gasteiger charge is 2.38. The van der Waals surface area contributed by atoms with Crippen LogP contribution in [0.25, 0.3) is 5.00 Å². The summed E-state index contributed by atoms with van der Waals surface area (Å²) in [4.78, 5) is 27.0. The Morgan fingerprint density at radius 2 is 1.82 bits per heavy atom. The van der Waals surface area contributed by atoms with Crippen LogP contribution in [0.5, 0.6) is 0 Å². The molecule has 0 fully saturated rings. The van der Waals surface area contributed by atoms with Gasteiger partial charge < -0.3 is 9.88 Å². The molecule has 2 amide bonds. The quantitative estimate of drug-likeness (QED) is 0.424. The summed E-state index contributed by atoms with van der Waals surface area (Å²) in [5.74, 6) is -2.98. The Hall–Kier alpha value is -2.52. The lowest BCUT2D eigenvalue weighted by Gasteiger charge is -2.21. The van der Waals surface area contributed by atoms with Gasteiger partial charge in [-0.3, -0.25) is 10.1 Å². The predicted molar refractivity (Wildman–Crippen MR) is 127 cm³/mol. The molecule has 9 heteroatoms. The van der Waals surface area contributed by atoms with Gasteiger partial charge >= 0.3 is 6.03 Å². The molecule has 2 N–H and O–H groups in total. The number of Topliss-reactive ketones (excluding diaryl/α,β-unsaturated/α-hetero) is 1. The van der Waals surface area contributed by atoms with Gasteiger partial charge in [0.1, 0.15) is 10.0 Å². The smallest absolute Gasteiger partial charge is 0.320 e. The summed E-state index contributed by atoms with van der Waals surface area (Å²) in [6.45, 7) is 1.78. The molecule has 0 saturated heterocycles. The zero-order valence-electron chi connectivity index (χ0n) is 18.3. The molecule has 2 aliphatic carbocycles. The molecule has 174 valence electrons. The van der Waals surface area contributed by atoms with Crippen molar-refractivity contribution in [1.82, 2.24) is 9.88 Å². The number of ketones is 1. The van der Waals surface area contributed by atoms with E-state index in [0.29, 0.717) is 27.5 Å². The molecular weight excluding hydrogens is 464 g/mol. The Kier molecular flexibility index (Phi) is 5.86. The molecule has 3 heterocycles. The van der Waals surface area contributed by atoms with Crippen LogP contribution in [-0.2, 0) is 32.2 Å². The van der Waals surface area contributed by atoms with E-state index in [9.17, 15) is 18.4 Å². The van der Waals surface area contributed by atoms with Crippen molar-refractivity contribution in [3.8, 4) is 5.00 Å². The molecule has 3 aromatic heterocycles. The maximum atomic E-state index is 13.9. The summed E-state index contributed by atoms with van der Waals surface area (Å²) >= 11 is 2.87. The van der Waals surface area contributed by atoms with E-state index in [2.05, 4.69) is 15.2 Å². The maximum Gasteiger partial charge on any atom is 0.320 e. The van der Waals surface area contributed by atoms with Crippen LogP contribution in [-0.4, -0.2) is 22.3 Å². The first-order valence-electron chi connectivity index (χ1n) is 11.2. The van der Waals surface area contributed by atoms with Gasteiger partial charge in [0.15, 0.2) is 5.78 Å². The van der Waals surface area contributed by atoms with E-state index in [0.717, 1.165) is 41.2 Å². The highest BCUT2D eigenvalue weighted by atomic mass is 32.1. The summed E-state index contributed by atoms with van der Waals surface area (Å²) in [6, 6.07) is 3.53. The number of aromatic nitrogens is 1. The largest absolute Gasteiger partial charge is 0.334 e. The van der Waals surface area contributed by atoms with Crippen LogP contribution in [0.1, 0.15) is 63.0 Å². The van der Waals surface area contributed by atoms with Crippen molar-refractivity contribution < 1.29 is 18.4 Å². The van der Waals surface area contributed by atoms with Gasteiger partial charge in [0.05, 0.1) is 5.56 Å². The van der Waals surface area contributed by atoms with Crippen LogP contribution in [0, 0.1) is 0 Å². The van der Waals surface area contributed by atoms with E-state index in [-0.39, 0.29) is 25.0 Å². The maximum absolute atomic E-state index is 13.9. The number of hydrogen-bond acceptors (Lipinski definition) is 4. The van der Waals surface area contributed by atoms with Gasteiger partial charge in [0.25, 0.3) is 5.92 Å². The van der Waals surface area contributed by atoms with Crippen LogP contribution in [0.3, 0.4) is 0 Å². The van der Waals surface area contributed by atoms with Gasteiger partial charge in [0.2, 0.25) is 0 Å². The molecule has 0 radical (unpaired) electrons. The fraction of sp³-hybridized carbons (Fsp3) is 0.417. The minimum atomic E-state index is -2.77. The summed E-state index contributed by atoms with van der Waals surface area (Å²) in [7, 11) is 0. The van der Waals surface area contributed by atoms with Gasteiger partial charge in [-0.05, 0) is 62.3 Å². The predicted octanol–water partition coefficient (Wildman–Crippen LogP) is 6.13. The fourth-order valence-corrected chi connectivity index (χ4v) is 7.55. The Labute approximate surface area is 198 Å². The standard InChI is InChI=1S/C24H25F2N3O2S2/c1-14(30)20-16-8-9-24(25,26)12-19(16)32-21(20)28-23(31)27-13-17-15-6-2-3-7-18(15)33-22(17)29-10-4-5-11-29/h4-5,10-11H,2-3,6-9,12-13H2,1H3,(H2,27,28,31). The number of fused-ring (bicyclic) bond motifs is 2. The number of aryl methyl sites for hydroxylation is 1. The van der Waals surface area contributed by atoms with Gasteiger partial charge in [-0.1, -0.05) is 0 Å². The molecule has 5 nitrogen and oxygen atoms in total. The molecule has 0 aromatic carbocycles. The average molecular weight is 490 g/mol. The lowest BCUT2D eigenvalue weighted by molar-refractivity contribution is -0.0112. The molecule has 0 unspecified atom stereocenters. The number of anilines is 1. The number of thiophene rings is 2. The topological polar surface area (TPSA) is 63.1 Å². The second-order valence-corrected chi connectivity index (χ2v) is 10.9. The molecule has 0 bridgehead atoms. The van der Waals surface area contributed by atoms with Crippen molar-refractivity contribution in [1.29, 1.82) is 0 Å². The number of nitrogens with one attached hydrogen (secondary N) is 2. The lowest BCUT2D eigenvalue weighted by Crippen LogP contribution is -2.29. The number of amides is 2. The summed E-state index contributed by atoms with van der Waals surface area (Å²) in [5, 5.41) is 7.19. The second kappa shape index (κ2) is 8.68. The molecule has 0 spiro atoms. The Bertz CT molecular complexity index is 1210. The van der Waals surface area contributed by atoms with Crippen molar-refractivity contribution in [3.05, 3.63) is 56.5 Å². The molecule has 33 heavy (non-hydrogen) atoms. The normalized spacial score (nSPS) is 16.7. The van der Waals surface area contributed by atoms with E-state index in [1.54, 1.807) is 11.3 Å². The minimum Gasteiger partial charge on any atom is -0.334 e. The van der Waals surface area contributed by atoms with E-state index in [1.807, 2.05) is 24.5 Å². The molecule has 0 aliphatic heterocycles. The Morgan fingerprint density at radius 3 is 2.58 bits per heavy atom. The minimum absolute atomic E-state index is 0.151. The number of carbonyl (C=O) groups excluding carboxylic acids is 2. The van der Waals surface area contributed by atoms with Gasteiger partial charge in [-0.25, -0.2) is 13.6 Å². The van der Waals surface area contributed by atoms with Gasteiger partial charge in [-0.2, -0.15) is 0 Å². The summed E-state index contributed by atoms with van der Waals surface area (Å²) in [6.07, 6.45) is 7.91. The number of hydrogen-bond donors (Lipinski definition) is 2. The summed E-state index contributed by atoms with van der Waals surface area (Å²) in [5.41, 5.74) is 3.49. The van der Waals surface area contributed by atoms with E-state index in [1.165, 1.54) is 23.8 Å². The Balaban J connectivity index is 1.36. The van der Waals surface area contributed by atoms with E-state index < -0.39 is 12.0 Å².